The van der Waals surface area contributed by atoms with Gasteiger partial charge in [-0.05, 0) is 41.0 Å². The summed E-state index contributed by atoms with van der Waals surface area (Å²) in [4.78, 5) is 0. The smallest absolute Gasteiger partial charge is 0.304 e. The molecule has 0 amide bonds. The molecule has 0 heterocycles. The minimum absolute atomic E-state index is 0.0211. The molecule has 0 saturated carbocycles. The molecule has 0 radical (unpaired) electrons. The molecule has 0 N–H and O–H groups in total. The zero-order valence-corrected chi connectivity index (χ0v) is 14.8. The second-order valence-corrected chi connectivity index (χ2v) is 7.87. The van der Waals surface area contributed by atoms with Crippen LogP contribution in [0.1, 0.15) is 73.6 Å². The highest BCUT2D eigenvalue weighted by molar-refractivity contribution is 7.61. The van der Waals surface area contributed by atoms with Gasteiger partial charge in [0.05, 0.1) is 6.10 Å². The standard InChI is InChI=1S/C15H31N2O2P/c1-7-8-9-10-11-15(6)19-20(18,12-16)17(13(2)3)14(4)5/h13-15H,7-11H2,1-6H3. The summed E-state index contributed by atoms with van der Waals surface area (Å²) >= 11 is 0. The second-order valence-electron chi connectivity index (χ2n) is 5.95. The summed E-state index contributed by atoms with van der Waals surface area (Å²) in [5.74, 6) is 1.93. The van der Waals surface area contributed by atoms with Crippen LogP contribution in [-0.2, 0) is 9.09 Å². The number of hydrogen-bond donors (Lipinski definition) is 0. The predicted molar refractivity (Wildman–Crippen MR) is 84.6 cm³/mol. The van der Waals surface area contributed by atoms with Crippen molar-refractivity contribution in [2.24, 2.45) is 0 Å². The largest absolute Gasteiger partial charge is 0.371 e. The van der Waals surface area contributed by atoms with Gasteiger partial charge < -0.3 is 4.52 Å². The first-order valence-electron chi connectivity index (χ1n) is 7.77. The van der Waals surface area contributed by atoms with Crippen molar-refractivity contribution in [3.05, 3.63) is 0 Å². The van der Waals surface area contributed by atoms with Gasteiger partial charge in [-0.2, -0.15) is 5.26 Å². The molecule has 0 bridgehead atoms. The number of hydrogen-bond acceptors (Lipinski definition) is 3. The van der Waals surface area contributed by atoms with Crippen LogP contribution in [0.25, 0.3) is 0 Å². The summed E-state index contributed by atoms with van der Waals surface area (Å²) in [5.41, 5.74) is 0. The summed E-state index contributed by atoms with van der Waals surface area (Å²) < 4.78 is 20.2. The van der Waals surface area contributed by atoms with E-state index >= 15 is 0 Å². The van der Waals surface area contributed by atoms with Crippen molar-refractivity contribution in [3.8, 4) is 5.81 Å². The van der Waals surface area contributed by atoms with Crippen LogP contribution in [0.5, 0.6) is 0 Å². The summed E-state index contributed by atoms with van der Waals surface area (Å²) in [5, 5.41) is 9.33. The first-order chi connectivity index (χ1) is 9.28. The first kappa shape index (κ1) is 19.6. The van der Waals surface area contributed by atoms with E-state index in [-0.39, 0.29) is 18.2 Å². The van der Waals surface area contributed by atoms with Crippen LogP contribution >= 0.6 is 7.52 Å². The zero-order valence-electron chi connectivity index (χ0n) is 13.9. The molecule has 0 aromatic rings. The topological polar surface area (TPSA) is 53.3 Å². The van der Waals surface area contributed by atoms with Crippen LogP contribution in [0.2, 0.25) is 0 Å². The Labute approximate surface area is 125 Å². The molecule has 0 aromatic heterocycles. The third-order valence-electron chi connectivity index (χ3n) is 3.28. The molecule has 0 fully saturated rings. The third-order valence-corrected chi connectivity index (χ3v) is 5.71. The molecule has 0 saturated heterocycles. The van der Waals surface area contributed by atoms with Gasteiger partial charge in [-0.15, -0.1) is 0 Å². The minimum atomic E-state index is -3.40. The van der Waals surface area contributed by atoms with Gasteiger partial charge in [0.15, 0.2) is 5.81 Å². The molecule has 0 aliphatic heterocycles. The fourth-order valence-electron chi connectivity index (χ4n) is 2.49. The van der Waals surface area contributed by atoms with Crippen LogP contribution in [0.4, 0.5) is 0 Å². The van der Waals surface area contributed by atoms with E-state index in [2.05, 4.69) is 6.92 Å². The van der Waals surface area contributed by atoms with Gasteiger partial charge in [0.1, 0.15) is 0 Å². The van der Waals surface area contributed by atoms with E-state index in [1.54, 1.807) is 4.67 Å². The second kappa shape index (κ2) is 9.55. The van der Waals surface area contributed by atoms with Crippen LogP contribution < -0.4 is 0 Å². The lowest BCUT2D eigenvalue weighted by Crippen LogP contribution is -2.35. The Morgan fingerprint density at radius 3 is 2.05 bits per heavy atom. The van der Waals surface area contributed by atoms with E-state index in [1.165, 1.54) is 19.3 Å². The Morgan fingerprint density at radius 2 is 1.65 bits per heavy atom. The van der Waals surface area contributed by atoms with E-state index in [9.17, 15) is 9.83 Å². The van der Waals surface area contributed by atoms with Gasteiger partial charge in [0.25, 0.3) is 0 Å². The van der Waals surface area contributed by atoms with Gasteiger partial charge in [-0.3, -0.25) is 4.57 Å². The molecule has 5 heteroatoms. The maximum atomic E-state index is 12.8. The molecular formula is C15H31N2O2P. The lowest BCUT2D eigenvalue weighted by Gasteiger charge is -2.34. The molecule has 2 unspecified atom stereocenters. The zero-order chi connectivity index (χ0) is 15.8. The Balaban J connectivity index is 4.65. The van der Waals surface area contributed by atoms with E-state index in [4.69, 9.17) is 4.52 Å². The average Bonchev–Trinajstić information content (AvgIpc) is 2.33. The van der Waals surface area contributed by atoms with Crippen molar-refractivity contribution >= 4 is 7.52 Å². The van der Waals surface area contributed by atoms with Crippen molar-refractivity contribution in [1.82, 2.24) is 4.67 Å². The van der Waals surface area contributed by atoms with Crippen LogP contribution in [-0.4, -0.2) is 22.9 Å². The molecule has 4 nitrogen and oxygen atoms in total. The first-order valence-corrected chi connectivity index (χ1v) is 9.34. The van der Waals surface area contributed by atoms with E-state index in [0.29, 0.717) is 0 Å². The molecule has 0 spiro atoms. The van der Waals surface area contributed by atoms with Gasteiger partial charge in [-0.25, -0.2) is 4.67 Å². The maximum Gasteiger partial charge on any atom is 0.371 e. The molecule has 0 aliphatic carbocycles. The van der Waals surface area contributed by atoms with Crippen LogP contribution in [0, 0.1) is 11.1 Å². The Hall–Kier alpha value is -0.360. The minimum Gasteiger partial charge on any atom is -0.304 e. The molecule has 0 aromatic carbocycles. The fraction of sp³-hybridized carbons (Fsp3) is 0.933. The third kappa shape index (κ3) is 6.39. The van der Waals surface area contributed by atoms with Crippen LogP contribution in [0.3, 0.4) is 0 Å². The normalized spacial score (nSPS) is 16.4. The SMILES string of the molecule is CCCCCCC(C)OP(=O)(C#N)N(C(C)C)C(C)C. The molecule has 2 atom stereocenters. The number of rotatable bonds is 10. The lowest BCUT2D eigenvalue weighted by molar-refractivity contribution is 0.167. The molecule has 118 valence electrons. The number of nitrogens with zero attached hydrogens (tertiary/aromatic N) is 2. The quantitative estimate of drug-likeness (QED) is 0.413. The Morgan fingerprint density at radius 1 is 1.10 bits per heavy atom. The average molecular weight is 302 g/mol. The monoisotopic (exact) mass is 302 g/mol. The van der Waals surface area contributed by atoms with E-state index < -0.39 is 7.52 Å². The number of nitriles is 1. The number of unbranched alkanes of at least 4 members (excludes halogenated alkanes) is 3. The van der Waals surface area contributed by atoms with Gasteiger partial charge in [0.2, 0.25) is 0 Å². The molecule has 0 rings (SSSR count). The predicted octanol–water partition coefficient (Wildman–Crippen LogP) is 5.15. The highest BCUT2D eigenvalue weighted by Gasteiger charge is 2.37. The summed E-state index contributed by atoms with van der Waals surface area (Å²) in [7, 11) is -3.40. The van der Waals surface area contributed by atoms with Gasteiger partial charge >= 0.3 is 7.52 Å². The fourth-order valence-corrected chi connectivity index (χ4v) is 4.56. The summed E-state index contributed by atoms with van der Waals surface area (Å²) in [6, 6.07) is 0.0422. The van der Waals surface area contributed by atoms with Gasteiger partial charge in [-0.1, -0.05) is 32.6 Å². The molecular weight excluding hydrogens is 271 g/mol. The Bertz CT molecular complexity index is 342. The van der Waals surface area contributed by atoms with Crippen molar-refractivity contribution in [2.45, 2.75) is 91.8 Å². The van der Waals surface area contributed by atoms with Gasteiger partial charge in [0, 0.05) is 12.1 Å². The molecule has 20 heavy (non-hydrogen) atoms. The lowest BCUT2D eigenvalue weighted by atomic mass is 10.1. The van der Waals surface area contributed by atoms with E-state index in [0.717, 1.165) is 12.8 Å². The Kier molecular flexibility index (Phi) is 9.38. The van der Waals surface area contributed by atoms with E-state index in [1.807, 2.05) is 40.4 Å². The van der Waals surface area contributed by atoms with Crippen molar-refractivity contribution < 1.29 is 9.09 Å². The van der Waals surface area contributed by atoms with Crippen molar-refractivity contribution in [1.29, 1.82) is 5.26 Å². The van der Waals surface area contributed by atoms with Crippen molar-refractivity contribution in [2.75, 3.05) is 0 Å². The molecule has 0 aliphatic rings. The highest BCUT2D eigenvalue weighted by atomic mass is 31.2. The maximum absolute atomic E-state index is 12.8. The summed E-state index contributed by atoms with van der Waals surface area (Å²) in [6.45, 7) is 11.9. The highest BCUT2D eigenvalue weighted by Crippen LogP contribution is 2.53. The van der Waals surface area contributed by atoms with Crippen molar-refractivity contribution in [3.63, 3.8) is 0 Å². The summed E-state index contributed by atoms with van der Waals surface area (Å²) in [6.07, 6.45) is 5.35. The van der Waals surface area contributed by atoms with Crippen LogP contribution in [0.15, 0.2) is 0 Å².